The first-order chi connectivity index (χ1) is 10.0. The predicted molar refractivity (Wildman–Crippen MR) is 87.1 cm³/mol. The molecule has 3 nitrogen and oxygen atoms in total. The molecule has 0 heterocycles. The Morgan fingerprint density at radius 3 is 2.57 bits per heavy atom. The van der Waals surface area contributed by atoms with Crippen molar-refractivity contribution in [2.75, 3.05) is 12.9 Å². The van der Waals surface area contributed by atoms with E-state index in [0.29, 0.717) is 5.75 Å². The normalized spacial score (nSPS) is 13.7. The Kier molecular flexibility index (Phi) is 5.15. The van der Waals surface area contributed by atoms with Gasteiger partial charge in [-0.1, -0.05) is 35.9 Å². The van der Waals surface area contributed by atoms with E-state index in [2.05, 4.69) is 0 Å². The molecule has 2 aromatic carbocycles. The highest BCUT2D eigenvalue weighted by Gasteiger charge is 2.16. The molecule has 0 radical (unpaired) electrons. The number of methoxy groups -OCH3 is 1. The SMILES string of the molecule is COc1ccccc1C(N)CS(=O)c1ccc(C)cc1C. The zero-order valence-electron chi connectivity index (χ0n) is 12.6. The summed E-state index contributed by atoms with van der Waals surface area (Å²) in [4.78, 5) is 0.853. The van der Waals surface area contributed by atoms with Crippen LogP contribution in [0.2, 0.25) is 0 Å². The molecule has 2 atom stereocenters. The molecule has 0 aliphatic carbocycles. The fourth-order valence-electron chi connectivity index (χ4n) is 2.37. The summed E-state index contributed by atoms with van der Waals surface area (Å²) in [5, 5.41) is 0. The van der Waals surface area contributed by atoms with E-state index in [4.69, 9.17) is 10.5 Å². The third-order valence-electron chi connectivity index (χ3n) is 3.45. The monoisotopic (exact) mass is 303 g/mol. The number of nitrogens with two attached hydrogens (primary N) is 1. The van der Waals surface area contributed by atoms with Crippen LogP contribution >= 0.6 is 0 Å². The van der Waals surface area contributed by atoms with Gasteiger partial charge in [0.15, 0.2) is 0 Å². The second-order valence-corrected chi connectivity index (χ2v) is 6.59. The van der Waals surface area contributed by atoms with E-state index in [1.165, 1.54) is 5.56 Å². The summed E-state index contributed by atoms with van der Waals surface area (Å²) in [6.45, 7) is 4.01. The maximum atomic E-state index is 12.6. The predicted octanol–water partition coefficient (Wildman–Crippen LogP) is 3.12. The third-order valence-corrected chi connectivity index (χ3v) is 5.06. The van der Waals surface area contributed by atoms with Crippen LogP contribution in [0.4, 0.5) is 0 Å². The van der Waals surface area contributed by atoms with Gasteiger partial charge in [0.2, 0.25) is 0 Å². The van der Waals surface area contributed by atoms with Crippen molar-refractivity contribution < 1.29 is 8.95 Å². The van der Waals surface area contributed by atoms with Crippen molar-refractivity contribution in [2.45, 2.75) is 24.8 Å². The van der Waals surface area contributed by atoms with E-state index >= 15 is 0 Å². The van der Waals surface area contributed by atoms with Gasteiger partial charge < -0.3 is 10.5 Å². The summed E-state index contributed by atoms with van der Waals surface area (Å²) in [6, 6.07) is 13.2. The summed E-state index contributed by atoms with van der Waals surface area (Å²) in [5.41, 5.74) is 9.31. The van der Waals surface area contributed by atoms with E-state index in [1.807, 2.05) is 56.3 Å². The fourth-order valence-corrected chi connectivity index (χ4v) is 3.69. The fraction of sp³-hybridized carbons (Fsp3) is 0.294. The molecule has 2 N–H and O–H groups in total. The molecule has 2 rings (SSSR count). The van der Waals surface area contributed by atoms with Crippen LogP contribution in [0.3, 0.4) is 0 Å². The molecule has 0 saturated carbocycles. The molecule has 0 aliphatic heterocycles. The molecule has 2 unspecified atom stereocenters. The first kappa shape index (κ1) is 15.7. The average Bonchev–Trinajstić information content (AvgIpc) is 2.46. The van der Waals surface area contributed by atoms with E-state index in [9.17, 15) is 4.21 Å². The molecule has 21 heavy (non-hydrogen) atoms. The summed E-state index contributed by atoms with van der Waals surface area (Å²) >= 11 is 0. The lowest BCUT2D eigenvalue weighted by Crippen LogP contribution is -2.19. The summed E-state index contributed by atoms with van der Waals surface area (Å²) < 4.78 is 17.9. The number of hydrogen-bond acceptors (Lipinski definition) is 3. The molecular formula is C17H21NO2S. The van der Waals surface area contributed by atoms with Crippen LogP contribution in [0.1, 0.15) is 22.7 Å². The minimum atomic E-state index is -1.12. The Morgan fingerprint density at radius 2 is 1.90 bits per heavy atom. The van der Waals surface area contributed by atoms with Crippen LogP contribution in [0.25, 0.3) is 0 Å². The minimum absolute atomic E-state index is 0.317. The maximum absolute atomic E-state index is 12.6. The zero-order chi connectivity index (χ0) is 15.4. The highest BCUT2D eigenvalue weighted by molar-refractivity contribution is 7.85. The summed E-state index contributed by atoms with van der Waals surface area (Å²) in [5.74, 6) is 1.12. The van der Waals surface area contributed by atoms with Crippen LogP contribution in [0, 0.1) is 13.8 Å². The van der Waals surface area contributed by atoms with Crippen LogP contribution < -0.4 is 10.5 Å². The van der Waals surface area contributed by atoms with E-state index in [0.717, 1.165) is 21.8 Å². The minimum Gasteiger partial charge on any atom is -0.496 e. The van der Waals surface area contributed by atoms with Crippen LogP contribution in [-0.4, -0.2) is 17.1 Å². The highest BCUT2D eigenvalue weighted by Crippen LogP contribution is 2.25. The van der Waals surface area contributed by atoms with Gasteiger partial charge in [-0.15, -0.1) is 0 Å². The van der Waals surface area contributed by atoms with Gasteiger partial charge in [0.05, 0.1) is 17.9 Å². The molecule has 4 heteroatoms. The lowest BCUT2D eigenvalue weighted by molar-refractivity contribution is 0.407. The van der Waals surface area contributed by atoms with Gasteiger partial charge in [-0.25, -0.2) is 0 Å². The molecule has 2 aromatic rings. The topological polar surface area (TPSA) is 52.3 Å². The van der Waals surface area contributed by atoms with Crippen LogP contribution in [-0.2, 0) is 10.8 Å². The molecule has 0 aliphatic rings. The van der Waals surface area contributed by atoms with Crippen molar-refractivity contribution in [3.8, 4) is 5.75 Å². The van der Waals surface area contributed by atoms with E-state index < -0.39 is 10.8 Å². The second kappa shape index (κ2) is 6.87. The summed E-state index contributed by atoms with van der Waals surface area (Å²) in [7, 11) is 0.493. The number of hydrogen-bond donors (Lipinski definition) is 1. The molecule has 0 aromatic heterocycles. The van der Waals surface area contributed by atoms with Gasteiger partial charge in [-0.05, 0) is 31.5 Å². The van der Waals surface area contributed by atoms with Crippen molar-refractivity contribution in [1.82, 2.24) is 0 Å². The van der Waals surface area contributed by atoms with Gasteiger partial charge in [0, 0.05) is 22.3 Å². The van der Waals surface area contributed by atoms with Crippen molar-refractivity contribution in [3.05, 3.63) is 59.2 Å². The Labute approximate surface area is 128 Å². The number of para-hydroxylation sites is 1. The van der Waals surface area contributed by atoms with E-state index in [-0.39, 0.29) is 6.04 Å². The zero-order valence-corrected chi connectivity index (χ0v) is 13.4. The summed E-state index contributed by atoms with van der Waals surface area (Å²) in [6.07, 6.45) is 0. The molecule has 0 bridgehead atoms. The van der Waals surface area contributed by atoms with Crippen LogP contribution in [0.15, 0.2) is 47.4 Å². The largest absolute Gasteiger partial charge is 0.496 e. The molecule has 112 valence electrons. The molecule has 0 fully saturated rings. The number of rotatable bonds is 5. The van der Waals surface area contributed by atoms with Crippen molar-refractivity contribution in [1.29, 1.82) is 0 Å². The van der Waals surface area contributed by atoms with Gasteiger partial charge in [-0.3, -0.25) is 4.21 Å². The molecule has 0 amide bonds. The first-order valence-corrected chi connectivity index (χ1v) is 8.19. The smallest absolute Gasteiger partial charge is 0.123 e. The first-order valence-electron chi connectivity index (χ1n) is 6.87. The Bertz CT molecular complexity index is 655. The number of benzene rings is 2. The molecule has 0 spiro atoms. The quantitative estimate of drug-likeness (QED) is 0.923. The average molecular weight is 303 g/mol. The number of ether oxygens (including phenoxy) is 1. The maximum Gasteiger partial charge on any atom is 0.123 e. The Morgan fingerprint density at radius 1 is 1.19 bits per heavy atom. The van der Waals surface area contributed by atoms with Gasteiger partial charge in [0.25, 0.3) is 0 Å². The second-order valence-electron chi connectivity index (χ2n) is 5.13. The van der Waals surface area contributed by atoms with Crippen LogP contribution in [0.5, 0.6) is 5.75 Å². The lowest BCUT2D eigenvalue weighted by Gasteiger charge is -2.16. The molecular weight excluding hydrogens is 282 g/mol. The van der Waals surface area contributed by atoms with Gasteiger partial charge in [-0.2, -0.15) is 0 Å². The number of aryl methyl sites for hydroxylation is 2. The van der Waals surface area contributed by atoms with Crippen molar-refractivity contribution in [2.24, 2.45) is 5.73 Å². The lowest BCUT2D eigenvalue weighted by atomic mass is 10.1. The highest BCUT2D eigenvalue weighted by atomic mass is 32.2. The van der Waals surface area contributed by atoms with Gasteiger partial charge >= 0.3 is 0 Å². The van der Waals surface area contributed by atoms with Gasteiger partial charge in [0.1, 0.15) is 5.75 Å². The van der Waals surface area contributed by atoms with E-state index in [1.54, 1.807) is 7.11 Å². The van der Waals surface area contributed by atoms with Crippen molar-refractivity contribution >= 4 is 10.8 Å². The van der Waals surface area contributed by atoms with Crippen molar-refractivity contribution in [3.63, 3.8) is 0 Å². The standard InChI is InChI=1S/C17H21NO2S/c1-12-8-9-17(13(2)10-12)21(19)11-15(18)14-6-4-5-7-16(14)20-3/h4-10,15H,11,18H2,1-3H3. The Hall–Kier alpha value is -1.65. The Balaban J connectivity index is 2.19. The molecule has 0 saturated heterocycles. The third kappa shape index (κ3) is 3.71.